The molecule has 1 unspecified atom stereocenters. The molecule has 0 saturated carbocycles. The average molecular weight is 266 g/mol. The van der Waals surface area contributed by atoms with E-state index in [9.17, 15) is 0 Å². The zero-order chi connectivity index (χ0) is 13.7. The van der Waals surface area contributed by atoms with E-state index in [2.05, 4.69) is 34.3 Å². The summed E-state index contributed by atoms with van der Waals surface area (Å²) < 4.78 is 5.62. The lowest BCUT2D eigenvalue weighted by molar-refractivity contribution is 0.161. The molecule has 0 amide bonds. The van der Waals surface area contributed by atoms with Crippen molar-refractivity contribution in [3.8, 4) is 0 Å². The zero-order valence-corrected chi connectivity index (χ0v) is 12.4. The maximum atomic E-state index is 5.62. The first-order chi connectivity index (χ1) is 9.19. The van der Waals surface area contributed by atoms with Gasteiger partial charge in [0.25, 0.3) is 0 Å². The number of nitrogens with one attached hydrogen (secondary N) is 1. The predicted molar refractivity (Wildman–Crippen MR) is 74.9 cm³/mol. The van der Waals surface area contributed by atoms with Gasteiger partial charge < -0.3 is 9.73 Å². The van der Waals surface area contributed by atoms with Crippen LogP contribution in [0.25, 0.3) is 0 Å². The van der Waals surface area contributed by atoms with Crippen molar-refractivity contribution >= 4 is 0 Å². The number of aromatic nitrogens is 2. The molecule has 0 aromatic carbocycles. The number of piperidine rings is 1. The van der Waals surface area contributed by atoms with Crippen LogP contribution in [-0.4, -0.2) is 40.3 Å². The van der Waals surface area contributed by atoms with Gasteiger partial charge in [-0.25, -0.2) is 0 Å². The molecule has 1 aliphatic rings. The second kappa shape index (κ2) is 7.01. The third-order valence-corrected chi connectivity index (χ3v) is 3.75. The van der Waals surface area contributed by atoms with Crippen molar-refractivity contribution in [3.63, 3.8) is 0 Å². The number of aryl methyl sites for hydroxylation is 1. The molecular formula is C14H26N4O. The summed E-state index contributed by atoms with van der Waals surface area (Å²) in [6.07, 6.45) is 4.72. The van der Waals surface area contributed by atoms with Crippen LogP contribution in [0, 0.1) is 0 Å². The Balaban J connectivity index is 1.91. The highest BCUT2D eigenvalue weighted by atomic mass is 16.4. The first kappa shape index (κ1) is 14.5. The van der Waals surface area contributed by atoms with Crippen LogP contribution in [0.3, 0.4) is 0 Å². The van der Waals surface area contributed by atoms with Gasteiger partial charge in [-0.2, -0.15) is 0 Å². The Hall–Kier alpha value is -0.940. The highest BCUT2D eigenvalue weighted by Gasteiger charge is 2.20. The van der Waals surface area contributed by atoms with E-state index in [-0.39, 0.29) is 0 Å². The monoisotopic (exact) mass is 266 g/mol. The largest absolute Gasteiger partial charge is 0.424 e. The Morgan fingerprint density at radius 2 is 2.11 bits per heavy atom. The van der Waals surface area contributed by atoms with E-state index in [0.717, 1.165) is 37.8 Å². The molecule has 1 aromatic rings. The number of hydrogen-bond acceptors (Lipinski definition) is 5. The number of hydrogen-bond donors (Lipinski definition) is 1. The summed E-state index contributed by atoms with van der Waals surface area (Å²) in [6, 6.07) is 1.09. The van der Waals surface area contributed by atoms with E-state index < -0.39 is 0 Å². The Bertz CT molecular complexity index is 371. The lowest BCUT2D eigenvalue weighted by atomic mass is 10.0. The molecule has 0 spiro atoms. The molecule has 1 atom stereocenters. The first-order valence-electron chi connectivity index (χ1n) is 7.47. The maximum Gasteiger partial charge on any atom is 0.230 e. The minimum absolute atomic E-state index is 0.487. The normalized spacial score (nSPS) is 20.4. The fourth-order valence-corrected chi connectivity index (χ4v) is 2.49. The molecule has 0 radical (unpaired) electrons. The van der Waals surface area contributed by atoms with Crippen molar-refractivity contribution in [1.29, 1.82) is 0 Å². The van der Waals surface area contributed by atoms with Gasteiger partial charge in [0.1, 0.15) is 0 Å². The Labute approximate surface area is 115 Å². The molecule has 1 aromatic heterocycles. The fraction of sp³-hybridized carbons (Fsp3) is 0.857. The zero-order valence-electron chi connectivity index (χ0n) is 12.4. The summed E-state index contributed by atoms with van der Waals surface area (Å²) >= 11 is 0. The van der Waals surface area contributed by atoms with Gasteiger partial charge in [0.2, 0.25) is 11.8 Å². The van der Waals surface area contributed by atoms with Crippen LogP contribution in [0.15, 0.2) is 4.42 Å². The predicted octanol–water partition coefficient (Wildman–Crippen LogP) is 1.98. The molecule has 1 aliphatic heterocycles. The van der Waals surface area contributed by atoms with Crippen molar-refractivity contribution in [2.45, 2.75) is 65.1 Å². The molecule has 1 N–H and O–H groups in total. The van der Waals surface area contributed by atoms with Crippen LogP contribution in [0.1, 0.15) is 51.8 Å². The number of nitrogens with zero attached hydrogens (tertiary/aromatic N) is 3. The van der Waals surface area contributed by atoms with E-state index in [0.29, 0.717) is 12.1 Å². The molecule has 1 saturated heterocycles. The third-order valence-electron chi connectivity index (χ3n) is 3.75. The molecule has 2 heterocycles. The van der Waals surface area contributed by atoms with Crippen LogP contribution >= 0.6 is 0 Å². The van der Waals surface area contributed by atoms with Crippen LogP contribution in [-0.2, 0) is 13.0 Å². The molecule has 2 rings (SSSR count). The van der Waals surface area contributed by atoms with Crippen LogP contribution < -0.4 is 5.32 Å². The van der Waals surface area contributed by atoms with Gasteiger partial charge in [0, 0.05) is 25.0 Å². The molecule has 0 aliphatic carbocycles. The highest BCUT2D eigenvalue weighted by Crippen LogP contribution is 2.13. The van der Waals surface area contributed by atoms with Crippen molar-refractivity contribution in [2.24, 2.45) is 0 Å². The van der Waals surface area contributed by atoms with Crippen molar-refractivity contribution in [1.82, 2.24) is 20.4 Å². The number of rotatable bonds is 6. The van der Waals surface area contributed by atoms with Crippen molar-refractivity contribution < 1.29 is 4.42 Å². The minimum atomic E-state index is 0.487. The standard InChI is InChI=1S/C14H26N4O/c1-4-13-16-17-14(19-13)10-18(11(2)3)9-12-7-5-6-8-15-12/h11-12,15H,4-10H2,1-3H3. The van der Waals surface area contributed by atoms with Crippen molar-refractivity contribution in [3.05, 3.63) is 11.8 Å². The summed E-state index contributed by atoms with van der Waals surface area (Å²) in [7, 11) is 0. The minimum Gasteiger partial charge on any atom is -0.424 e. The SMILES string of the molecule is CCc1nnc(CN(CC2CCCCN2)C(C)C)o1. The summed E-state index contributed by atoms with van der Waals surface area (Å²) in [6.45, 7) is 9.44. The van der Waals surface area contributed by atoms with E-state index in [1.54, 1.807) is 0 Å². The van der Waals surface area contributed by atoms with E-state index in [4.69, 9.17) is 4.42 Å². The summed E-state index contributed by atoms with van der Waals surface area (Å²) in [5.41, 5.74) is 0. The van der Waals surface area contributed by atoms with Gasteiger partial charge in [-0.05, 0) is 33.2 Å². The average Bonchev–Trinajstić information content (AvgIpc) is 2.87. The smallest absolute Gasteiger partial charge is 0.230 e. The van der Waals surface area contributed by atoms with Gasteiger partial charge in [0.15, 0.2) is 0 Å². The lowest BCUT2D eigenvalue weighted by Gasteiger charge is -2.32. The molecule has 108 valence electrons. The van der Waals surface area contributed by atoms with Crippen LogP contribution in [0.5, 0.6) is 0 Å². The first-order valence-corrected chi connectivity index (χ1v) is 7.47. The third kappa shape index (κ3) is 4.28. The Morgan fingerprint density at radius 3 is 2.68 bits per heavy atom. The topological polar surface area (TPSA) is 54.2 Å². The van der Waals surface area contributed by atoms with E-state index in [1.165, 1.54) is 19.3 Å². The molecule has 0 bridgehead atoms. The van der Waals surface area contributed by atoms with Gasteiger partial charge >= 0.3 is 0 Å². The Morgan fingerprint density at radius 1 is 1.32 bits per heavy atom. The van der Waals surface area contributed by atoms with Crippen LogP contribution in [0.2, 0.25) is 0 Å². The fourth-order valence-electron chi connectivity index (χ4n) is 2.49. The molecule has 19 heavy (non-hydrogen) atoms. The second-order valence-electron chi connectivity index (χ2n) is 5.61. The lowest BCUT2D eigenvalue weighted by Crippen LogP contribution is -2.45. The summed E-state index contributed by atoms with van der Waals surface area (Å²) in [5, 5.41) is 11.8. The molecule has 5 heteroatoms. The van der Waals surface area contributed by atoms with Gasteiger partial charge in [0.05, 0.1) is 6.54 Å². The quantitative estimate of drug-likeness (QED) is 0.853. The van der Waals surface area contributed by atoms with Crippen molar-refractivity contribution in [2.75, 3.05) is 13.1 Å². The summed E-state index contributed by atoms with van der Waals surface area (Å²) in [4.78, 5) is 2.41. The maximum absolute atomic E-state index is 5.62. The highest BCUT2D eigenvalue weighted by molar-refractivity contribution is 4.84. The Kier molecular flexibility index (Phi) is 5.34. The van der Waals surface area contributed by atoms with Crippen LogP contribution in [0.4, 0.5) is 0 Å². The summed E-state index contributed by atoms with van der Waals surface area (Å²) in [5.74, 6) is 1.47. The molecule has 5 nitrogen and oxygen atoms in total. The second-order valence-corrected chi connectivity index (χ2v) is 5.61. The van der Waals surface area contributed by atoms with E-state index in [1.807, 2.05) is 6.92 Å². The molecule has 1 fully saturated rings. The van der Waals surface area contributed by atoms with Gasteiger partial charge in [-0.15, -0.1) is 10.2 Å². The van der Waals surface area contributed by atoms with Gasteiger partial charge in [-0.1, -0.05) is 13.3 Å². The van der Waals surface area contributed by atoms with Gasteiger partial charge in [-0.3, -0.25) is 4.90 Å². The van der Waals surface area contributed by atoms with E-state index >= 15 is 0 Å². The molecular weight excluding hydrogens is 240 g/mol.